The van der Waals surface area contributed by atoms with E-state index in [0.29, 0.717) is 0 Å². The zero-order valence-electron chi connectivity index (χ0n) is 14.5. The molecule has 2 N–H and O–H groups in total. The maximum atomic E-state index is 6.03. The van der Waals surface area contributed by atoms with Gasteiger partial charge in [0.05, 0.1) is 5.92 Å². The molecule has 0 aliphatic rings. The molecule has 1 unspecified atom stereocenters. The third-order valence-corrected chi connectivity index (χ3v) is 4.19. The lowest BCUT2D eigenvalue weighted by Gasteiger charge is -2.22. The summed E-state index contributed by atoms with van der Waals surface area (Å²) in [6.07, 6.45) is 5.03. The fraction of sp³-hybridized carbons (Fsp3) is 0.286. The van der Waals surface area contributed by atoms with Crippen molar-refractivity contribution in [3.05, 3.63) is 76.5 Å². The zero-order chi connectivity index (χ0) is 16.8. The van der Waals surface area contributed by atoms with E-state index >= 15 is 0 Å². The lowest BCUT2D eigenvalue weighted by atomic mass is 9.84. The minimum Gasteiger partial charge on any atom is -0.399 e. The number of aryl methyl sites for hydroxylation is 1. The Labute approximate surface area is 139 Å². The van der Waals surface area contributed by atoms with Crippen molar-refractivity contribution in [2.24, 2.45) is 4.99 Å². The third kappa shape index (κ3) is 3.89. The highest BCUT2D eigenvalue weighted by atomic mass is 14.7. The summed E-state index contributed by atoms with van der Waals surface area (Å²) in [4.78, 5) is 4.66. The van der Waals surface area contributed by atoms with E-state index < -0.39 is 0 Å². The molecule has 0 fully saturated rings. The molecule has 2 aromatic rings. The van der Waals surface area contributed by atoms with Gasteiger partial charge in [0.2, 0.25) is 0 Å². The number of nitrogen functional groups attached to an aromatic ring is 1. The summed E-state index contributed by atoms with van der Waals surface area (Å²) in [5.41, 5.74) is 13.0. The minimum atomic E-state index is 0.106. The molecule has 0 aliphatic heterocycles. The molecule has 1 atom stereocenters. The molecule has 2 rings (SSSR count). The summed E-state index contributed by atoms with van der Waals surface area (Å²) in [5, 5.41) is 0. The third-order valence-electron chi connectivity index (χ3n) is 4.19. The number of hydrogen-bond acceptors (Lipinski definition) is 2. The summed E-state index contributed by atoms with van der Waals surface area (Å²) >= 11 is 0. The van der Waals surface area contributed by atoms with Crippen LogP contribution in [-0.2, 0) is 0 Å². The van der Waals surface area contributed by atoms with E-state index in [1.54, 1.807) is 0 Å². The van der Waals surface area contributed by atoms with E-state index in [1.165, 1.54) is 22.3 Å². The molecule has 0 saturated carbocycles. The molecule has 2 aromatic carbocycles. The number of allylic oxidation sites excluding steroid dienone is 2. The van der Waals surface area contributed by atoms with Crippen molar-refractivity contribution < 1.29 is 0 Å². The quantitative estimate of drug-likeness (QED) is 0.582. The minimum absolute atomic E-state index is 0.106. The van der Waals surface area contributed by atoms with Crippen LogP contribution in [0.25, 0.3) is 0 Å². The van der Waals surface area contributed by atoms with E-state index in [-0.39, 0.29) is 5.92 Å². The zero-order valence-corrected chi connectivity index (χ0v) is 14.5. The van der Waals surface area contributed by atoms with Gasteiger partial charge in [-0.1, -0.05) is 43.3 Å². The van der Waals surface area contributed by atoms with Crippen molar-refractivity contribution in [2.45, 2.75) is 40.0 Å². The summed E-state index contributed by atoms with van der Waals surface area (Å²) in [6, 6.07) is 14.6. The Kier molecular flexibility index (Phi) is 5.75. The lowest BCUT2D eigenvalue weighted by molar-refractivity contribution is 0.902. The Balaban J connectivity index is 2.69. The predicted octanol–water partition coefficient (Wildman–Crippen LogP) is 5.40. The van der Waals surface area contributed by atoms with Crippen LogP contribution in [0.3, 0.4) is 0 Å². The first-order chi connectivity index (χ1) is 11.1. The van der Waals surface area contributed by atoms with Crippen molar-refractivity contribution in [2.75, 3.05) is 5.73 Å². The molecule has 0 saturated heterocycles. The molecule has 0 amide bonds. The van der Waals surface area contributed by atoms with Crippen LogP contribution in [-0.4, -0.2) is 6.21 Å². The average Bonchev–Trinajstić information content (AvgIpc) is 2.52. The molecule has 0 spiro atoms. The monoisotopic (exact) mass is 306 g/mol. The van der Waals surface area contributed by atoms with E-state index in [9.17, 15) is 0 Å². The van der Waals surface area contributed by atoms with Crippen LogP contribution in [0.1, 0.15) is 48.4 Å². The van der Waals surface area contributed by atoms with Gasteiger partial charge in [-0.05, 0) is 61.6 Å². The second-order valence-electron chi connectivity index (χ2n) is 5.82. The van der Waals surface area contributed by atoms with E-state index in [2.05, 4.69) is 62.2 Å². The van der Waals surface area contributed by atoms with Crippen LogP contribution in [0, 0.1) is 13.8 Å². The van der Waals surface area contributed by atoms with Crippen molar-refractivity contribution in [1.82, 2.24) is 0 Å². The Morgan fingerprint density at radius 3 is 2.57 bits per heavy atom. The summed E-state index contributed by atoms with van der Waals surface area (Å²) in [7, 11) is 0. The van der Waals surface area contributed by atoms with E-state index in [1.807, 2.05) is 25.3 Å². The highest BCUT2D eigenvalue weighted by molar-refractivity contribution is 5.58. The Morgan fingerprint density at radius 1 is 1.17 bits per heavy atom. The molecule has 120 valence electrons. The number of hydrogen-bond donors (Lipinski definition) is 1. The number of nitrogens with zero attached hydrogens (tertiary/aromatic N) is 1. The van der Waals surface area contributed by atoms with Crippen LogP contribution in [0.15, 0.2) is 59.2 Å². The first kappa shape index (κ1) is 17.0. The number of anilines is 1. The Bertz CT molecular complexity index is 726. The van der Waals surface area contributed by atoms with Gasteiger partial charge in [0.1, 0.15) is 0 Å². The van der Waals surface area contributed by atoms with Gasteiger partial charge < -0.3 is 5.73 Å². The molecule has 0 heterocycles. The average molecular weight is 306 g/mol. The van der Waals surface area contributed by atoms with Crippen LogP contribution < -0.4 is 5.73 Å². The first-order valence-electron chi connectivity index (χ1n) is 8.18. The summed E-state index contributed by atoms with van der Waals surface area (Å²) in [6.45, 7) is 8.44. The molecular formula is C21H26N2. The van der Waals surface area contributed by atoms with E-state index in [4.69, 9.17) is 5.73 Å². The molecule has 2 nitrogen and oxygen atoms in total. The fourth-order valence-electron chi connectivity index (χ4n) is 2.94. The molecule has 2 heteroatoms. The molecule has 0 bridgehead atoms. The topological polar surface area (TPSA) is 38.4 Å². The molecule has 0 aliphatic carbocycles. The van der Waals surface area contributed by atoms with Crippen molar-refractivity contribution in [3.63, 3.8) is 0 Å². The van der Waals surface area contributed by atoms with Gasteiger partial charge in [0.25, 0.3) is 0 Å². The van der Waals surface area contributed by atoms with Crippen molar-refractivity contribution in [1.29, 1.82) is 0 Å². The second-order valence-corrected chi connectivity index (χ2v) is 5.82. The Hall–Kier alpha value is -2.35. The van der Waals surface area contributed by atoms with Crippen LogP contribution in [0.5, 0.6) is 0 Å². The van der Waals surface area contributed by atoms with Gasteiger partial charge in [0, 0.05) is 17.6 Å². The van der Waals surface area contributed by atoms with E-state index in [0.717, 1.165) is 17.8 Å². The predicted molar refractivity (Wildman–Crippen MR) is 101 cm³/mol. The Morgan fingerprint density at radius 2 is 1.91 bits per heavy atom. The van der Waals surface area contributed by atoms with Crippen LogP contribution >= 0.6 is 0 Å². The van der Waals surface area contributed by atoms with Crippen LogP contribution in [0.4, 0.5) is 5.69 Å². The molecule has 0 aromatic heterocycles. The largest absolute Gasteiger partial charge is 0.399 e. The molecular weight excluding hydrogens is 280 g/mol. The number of benzene rings is 2. The lowest BCUT2D eigenvalue weighted by Crippen LogP contribution is -2.07. The normalized spacial score (nSPS) is 13.5. The smallest absolute Gasteiger partial charge is 0.0513 e. The maximum absolute atomic E-state index is 6.03. The number of rotatable bonds is 5. The van der Waals surface area contributed by atoms with Gasteiger partial charge in [-0.25, -0.2) is 0 Å². The molecule has 0 radical (unpaired) electrons. The SMILES string of the molecule is CC=N/C(=C\CC)C(c1cccc(N)c1)c1cccc(C)c1C. The van der Waals surface area contributed by atoms with Crippen LogP contribution in [0.2, 0.25) is 0 Å². The van der Waals surface area contributed by atoms with Gasteiger partial charge in [-0.15, -0.1) is 0 Å². The first-order valence-corrected chi connectivity index (χ1v) is 8.18. The standard InChI is InChI=1S/C21H26N2/c1-5-9-20(23-6-2)21(17-11-8-12-18(22)14-17)19-13-7-10-15(3)16(19)4/h6-14,21H,5,22H2,1-4H3/b20-9-,23-6?. The van der Waals surface area contributed by atoms with Gasteiger partial charge in [0.15, 0.2) is 0 Å². The number of aliphatic imine (C=N–C) groups is 1. The summed E-state index contributed by atoms with van der Waals surface area (Å²) < 4.78 is 0. The van der Waals surface area contributed by atoms with Gasteiger partial charge >= 0.3 is 0 Å². The van der Waals surface area contributed by atoms with Gasteiger partial charge in [-0.3, -0.25) is 4.99 Å². The molecule has 23 heavy (non-hydrogen) atoms. The number of nitrogens with two attached hydrogens (primary N) is 1. The van der Waals surface area contributed by atoms with Gasteiger partial charge in [-0.2, -0.15) is 0 Å². The highest BCUT2D eigenvalue weighted by Gasteiger charge is 2.21. The fourth-order valence-corrected chi connectivity index (χ4v) is 2.94. The van der Waals surface area contributed by atoms with Crippen molar-refractivity contribution >= 4 is 11.9 Å². The highest BCUT2D eigenvalue weighted by Crippen LogP contribution is 2.36. The summed E-state index contributed by atoms with van der Waals surface area (Å²) in [5.74, 6) is 0.106. The van der Waals surface area contributed by atoms with Crippen molar-refractivity contribution in [3.8, 4) is 0 Å². The maximum Gasteiger partial charge on any atom is 0.0513 e. The second kappa shape index (κ2) is 7.77.